The zero-order chi connectivity index (χ0) is 18.3. The van der Waals surface area contributed by atoms with Crippen molar-refractivity contribution in [2.75, 3.05) is 26.3 Å². The number of carbonyl (C=O) groups is 1. The first-order chi connectivity index (χ1) is 11.7. The summed E-state index contributed by atoms with van der Waals surface area (Å²) >= 11 is 0. The maximum atomic E-state index is 10.3. The molecule has 0 aliphatic carbocycles. The third-order valence-electron chi connectivity index (χ3n) is 3.82. The maximum absolute atomic E-state index is 10.3. The quantitative estimate of drug-likeness (QED) is 0.301. The number of rotatable bonds is 17. The van der Waals surface area contributed by atoms with Crippen LogP contribution >= 0.6 is 0 Å². The summed E-state index contributed by atoms with van der Waals surface area (Å²) in [5.41, 5.74) is 0. The van der Waals surface area contributed by atoms with Crippen LogP contribution in [0.4, 0.5) is 0 Å². The highest BCUT2D eigenvalue weighted by Crippen LogP contribution is 2.12. The molecule has 0 radical (unpaired) electrons. The SMILES string of the molecule is CCCCCCCCCCCCCCC(=O)O.OCCNCCO. The van der Waals surface area contributed by atoms with Crippen LogP contribution in [0.15, 0.2) is 0 Å². The summed E-state index contributed by atoms with van der Waals surface area (Å²) in [5.74, 6) is -0.655. The van der Waals surface area contributed by atoms with E-state index in [1.165, 1.54) is 64.2 Å². The van der Waals surface area contributed by atoms with Gasteiger partial charge in [0.2, 0.25) is 0 Å². The standard InChI is InChI=1S/C15H30O2.C4H11NO2/c1-2-3-4-5-6-7-8-9-10-11-12-13-14-15(16)17;6-3-1-5-2-4-7/h2-14H2,1H3,(H,16,17);5-7H,1-4H2. The van der Waals surface area contributed by atoms with Crippen LogP contribution in [0, 0.1) is 0 Å². The highest BCUT2D eigenvalue weighted by molar-refractivity contribution is 5.66. The van der Waals surface area contributed by atoms with Crippen LogP contribution in [0.1, 0.15) is 90.4 Å². The molecule has 5 heteroatoms. The van der Waals surface area contributed by atoms with E-state index in [0.29, 0.717) is 19.5 Å². The third kappa shape index (κ3) is 29.4. The first-order valence-corrected chi connectivity index (χ1v) is 9.83. The fourth-order valence-corrected chi connectivity index (χ4v) is 2.40. The van der Waals surface area contributed by atoms with E-state index in [0.717, 1.165) is 12.8 Å². The minimum atomic E-state index is -0.655. The van der Waals surface area contributed by atoms with Crippen molar-refractivity contribution in [1.29, 1.82) is 0 Å². The van der Waals surface area contributed by atoms with E-state index in [1.807, 2.05) is 0 Å². The van der Waals surface area contributed by atoms with E-state index in [-0.39, 0.29) is 13.2 Å². The van der Waals surface area contributed by atoms with Crippen molar-refractivity contribution in [3.05, 3.63) is 0 Å². The average molecular weight is 348 g/mol. The number of unbranched alkanes of at least 4 members (excludes halogenated alkanes) is 11. The van der Waals surface area contributed by atoms with Gasteiger partial charge in [-0.15, -0.1) is 0 Å². The summed E-state index contributed by atoms with van der Waals surface area (Å²) in [6, 6.07) is 0. The summed E-state index contributed by atoms with van der Waals surface area (Å²) in [4.78, 5) is 10.3. The molecule has 4 N–H and O–H groups in total. The molecule has 0 heterocycles. The molecule has 0 fully saturated rings. The molecule has 0 aromatic heterocycles. The second-order valence-electron chi connectivity index (χ2n) is 6.23. The van der Waals surface area contributed by atoms with E-state index in [2.05, 4.69) is 12.2 Å². The van der Waals surface area contributed by atoms with E-state index in [4.69, 9.17) is 15.3 Å². The minimum absolute atomic E-state index is 0.139. The highest BCUT2D eigenvalue weighted by atomic mass is 16.4. The van der Waals surface area contributed by atoms with E-state index in [9.17, 15) is 4.79 Å². The van der Waals surface area contributed by atoms with Crippen LogP contribution in [0.3, 0.4) is 0 Å². The summed E-state index contributed by atoms with van der Waals surface area (Å²) in [5, 5.41) is 27.6. The molecule has 5 nitrogen and oxygen atoms in total. The molecular formula is C19H41NO4. The summed E-state index contributed by atoms with van der Waals surface area (Å²) < 4.78 is 0. The molecule has 146 valence electrons. The molecule has 0 aliphatic rings. The Morgan fingerprint density at radius 1 is 0.708 bits per heavy atom. The molecule has 0 aromatic carbocycles. The summed E-state index contributed by atoms with van der Waals surface area (Å²) in [6.07, 6.45) is 15.8. The molecule has 0 saturated heterocycles. The maximum Gasteiger partial charge on any atom is 0.303 e. The lowest BCUT2D eigenvalue weighted by Crippen LogP contribution is -2.21. The Morgan fingerprint density at radius 3 is 1.42 bits per heavy atom. The van der Waals surface area contributed by atoms with E-state index in [1.54, 1.807) is 0 Å². The lowest BCUT2D eigenvalue weighted by molar-refractivity contribution is -0.137. The number of hydrogen-bond acceptors (Lipinski definition) is 4. The molecule has 0 rings (SSSR count). The lowest BCUT2D eigenvalue weighted by Gasteiger charge is -2.02. The van der Waals surface area contributed by atoms with Gasteiger partial charge in [0.15, 0.2) is 0 Å². The van der Waals surface area contributed by atoms with Gasteiger partial charge in [-0.2, -0.15) is 0 Å². The van der Waals surface area contributed by atoms with Gasteiger partial charge in [0, 0.05) is 19.5 Å². The van der Waals surface area contributed by atoms with Gasteiger partial charge < -0.3 is 20.6 Å². The highest BCUT2D eigenvalue weighted by Gasteiger charge is 1.96. The molecule has 0 spiro atoms. The monoisotopic (exact) mass is 347 g/mol. The van der Waals surface area contributed by atoms with Crippen molar-refractivity contribution in [3.63, 3.8) is 0 Å². The van der Waals surface area contributed by atoms with Gasteiger partial charge in [-0.1, -0.05) is 77.6 Å². The molecule has 0 unspecified atom stereocenters. The van der Waals surface area contributed by atoms with Crippen LogP contribution < -0.4 is 5.32 Å². The van der Waals surface area contributed by atoms with Crippen molar-refractivity contribution in [3.8, 4) is 0 Å². The molecule has 0 aliphatic heterocycles. The average Bonchev–Trinajstić information content (AvgIpc) is 2.57. The number of aliphatic hydroxyl groups is 2. The largest absolute Gasteiger partial charge is 0.481 e. The lowest BCUT2D eigenvalue weighted by atomic mass is 10.0. The van der Waals surface area contributed by atoms with Crippen molar-refractivity contribution in [2.45, 2.75) is 90.4 Å². The van der Waals surface area contributed by atoms with Gasteiger partial charge in [0.25, 0.3) is 0 Å². The fourth-order valence-electron chi connectivity index (χ4n) is 2.40. The second-order valence-corrected chi connectivity index (χ2v) is 6.23. The Hall–Kier alpha value is -0.650. The number of carboxylic acids is 1. The molecule has 24 heavy (non-hydrogen) atoms. The Bertz CT molecular complexity index is 233. The number of carboxylic acid groups (broad SMARTS) is 1. The minimum Gasteiger partial charge on any atom is -0.481 e. The zero-order valence-electron chi connectivity index (χ0n) is 15.8. The number of aliphatic hydroxyl groups excluding tert-OH is 2. The summed E-state index contributed by atoms with van der Waals surface area (Å²) in [7, 11) is 0. The van der Waals surface area contributed by atoms with Gasteiger partial charge in [-0.05, 0) is 6.42 Å². The number of aliphatic carboxylic acids is 1. The smallest absolute Gasteiger partial charge is 0.303 e. The molecule has 0 amide bonds. The van der Waals surface area contributed by atoms with Crippen molar-refractivity contribution < 1.29 is 20.1 Å². The molecule has 0 aromatic rings. The first kappa shape index (κ1) is 25.6. The Kier molecular flexibility index (Phi) is 26.2. The van der Waals surface area contributed by atoms with Crippen molar-refractivity contribution in [2.24, 2.45) is 0 Å². The van der Waals surface area contributed by atoms with Gasteiger partial charge in [-0.25, -0.2) is 0 Å². The van der Waals surface area contributed by atoms with Crippen molar-refractivity contribution >= 4 is 5.97 Å². The van der Waals surface area contributed by atoms with Gasteiger partial charge in [0.1, 0.15) is 0 Å². The third-order valence-corrected chi connectivity index (χ3v) is 3.82. The van der Waals surface area contributed by atoms with Crippen LogP contribution in [-0.4, -0.2) is 47.6 Å². The predicted octanol–water partition coefficient (Wildman–Crippen LogP) is 3.72. The molecular weight excluding hydrogens is 306 g/mol. The molecule has 0 saturated carbocycles. The molecule has 0 bridgehead atoms. The van der Waals surface area contributed by atoms with Crippen LogP contribution in [0.2, 0.25) is 0 Å². The number of hydrogen-bond donors (Lipinski definition) is 4. The predicted molar refractivity (Wildman–Crippen MR) is 100 cm³/mol. The Morgan fingerprint density at radius 2 is 1.08 bits per heavy atom. The van der Waals surface area contributed by atoms with E-state index < -0.39 is 5.97 Å². The topological polar surface area (TPSA) is 89.8 Å². The summed E-state index contributed by atoms with van der Waals surface area (Å²) in [6.45, 7) is 3.67. The van der Waals surface area contributed by atoms with E-state index >= 15 is 0 Å². The first-order valence-electron chi connectivity index (χ1n) is 9.83. The van der Waals surface area contributed by atoms with Crippen LogP contribution in [0.25, 0.3) is 0 Å². The van der Waals surface area contributed by atoms with Crippen molar-refractivity contribution in [1.82, 2.24) is 5.32 Å². The van der Waals surface area contributed by atoms with Gasteiger partial charge >= 0.3 is 5.97 Å². The van der Waals surface area contributed by atoms with Crippen LogP contribution in [-0.2, 0) is 4.79 Å². The van der Waals surface area contributed by atoms with Gasteiger partial charge in [-0.3, -0.25) is 4.79 Å². The van der Waals surface area contributed by atoms with Crippen LogP contribution in [0.5, 0.6) is 0 Å². The Labute approximate surface area is 148 Å². The number of nitrogens with one attached hydrogen (secondary N) is 1. The Balaban J connectivity index is 0. The van der Waals surface area contributed by atoms with Gasteiger partial charge in [0.05, 0.1) is 13.2 Å². The zero-order valence-corrected chi connectivity index (χ0v) is 15.8. The normalized spacial score (nSPS) is 10.3. The molecule has 0 atom stereocenters. The second kappa shape index (κ2) is 24.6. The fraction of sp³-hybridized carbons (Fsp3) is 0.947.